The van der Waals surface area contributed by atoms with Gasteiger partial charge in [0.15, 0.2) is 0 Å². The van der Waals surface area contributed by atoms with Crippen molar-refractivity contribution >= 4 is 5.97 Å². The van der Waals surface area contributed by atoms with Crippen molar-refractivity contribution in [3.8, 4) is 0 Å². The Hall–Kier alpha value is -0.610. The van der Waals surface area contributed by atoms with Gasteiger partial charge < -0.3 is 15.2 Å². The van der Waals surface area contributed by atoms with E-state index in [0.717, 1.165) is 6.42 Å². The van der Waals surface area contributed by atoms with Crippen LogP contribution in [-0.4, -0.2) is 30.8 Å². The topological polar surface area (TPSA) is 61.5 Å². The zero-order valence-corrected chi connectivity index (χ0v) is 10.3. The van der Waals surface area contributed by atoms with Gasteiger partial charge in [-0.3, -0.25) is 4.79 Å². The molecule has 16 heavy (non-hydrogen) atoms. The minimum absolute atomic E-state index is 0.321. The molecule has 0 spiro atoms. The van der Waals surface area contributed by atoms with Gasteiger partial charge in [-0.1, -0.05) is 0 Å². The van der Waals surface area contributed by atoms with Crippen molar-refractivity contribution in [1.82, 2.24) is 0 Å². The van der Waals surface area contributed by atoms with E-state index in [1.165, 1.54) is 19.3 Å². The van der Waals surface area contributed by atoms with Gasteiger partial charge in [-0.05, 0) is 46.0 Å². The molecule has 1 aliphatic rings. The van der Waals surface area contributed by atoms with Gasteiger partial charge in [0, 0.05) is 6.61 Å². The third-order valence-electron chi connectivity index (χ3n) is 2.99. The maximum Gasteiger partial charge on any atom is 0.325 e. The smallest absolute Gasteiger partial charge is 0.325 e. The van der Waals surface area contributed by atoms with Gasteiger partial charge in [-0.25, -0.2) is 0 Å². The molecule has 1 aliphatic carbocycles. The predicted molar refractivity (Wildman–Crippen MR) is 62.1 cm³/mol. The van der Waals surface area contributed by atoms with Crippen molar-refractivity contribution < 1.29 is 14.3 Å². The number of esters is 1. The summed E-state index contributed by atoms with van der Waals surface area (Å²) >= 11 is 0. The van der Waals surface area contributed by atoms with Gasteiger partial charge in [0.25, 0.3) is 0 Å². The van der Waals surface area contributed by atoms with Crippen molar-refractivity contribution in [1.29, 1.82) is 0 Å². The van der Waals surface area contributed by atoms with Crippen LogP contribution in [0.3, 0.4) is 0 Å². The minimum atomic E-state index is -0.876. The lowest BCUT2D eigenvalue weighted by atomic mass is 9.95. The fraction of sp³-hybridized carbons (Fsp3) is 0.917. The molecular weight excluding hydrogens is 206 g/mol. The Labute approximate surface area is 97.5 Å². The second kappa shape index (κ2) is 6.21. The van der Waals surface area contributed by atoms with E-state index in [1.807, 2.05) is 0 Å². The molecule has 0 aromatic heterocycles. The van der Waals surface area contributed by atoms with Crippen LogP contribution in [0.15, 0.2) is 0 Å². The number of rotatable bonds is 7. The summed E-state index contributed by atoms with van der Waals surface area (Å²) in [6.07, 6.45) is 5.50. The molecule has 4 heteroatoms. The summed E-state index contributed by atoms with van der Waals surface area (Å²) in [6, 6.07) is 0. The van der Waals surface area contributed by atoms with Crippen molar-refractivity contribution in [3.05, 3.63) is 0 Å². The van der Waals surface area contributed by atoms with Crippen molar-refractivity contribution in [3.63, 3.8) is 0 Å². The molecule has 1 atom stereocenters. The molecule has 0 amide bonds. The fourth-order valence-corrected chi connectivity index (χ4v) is 1.62. The summed E-state index contributed by atoms with van der Waals surface area (Å²) in [5.41, 5.74) is 5.00. The first-order valence-corrected chi connectivity index (χ1v) is 6.14. The van der Waals surface area contributed by atoms with Crippen LogP contribution in [0, 0.1) is 0 Å². The summed E-state index contributed by atoms with van der Waals surface area (Å²) < 4.78 is 10.5. The highest BCUT2D eigenvalue weighted by Crippen LogP contribution is 2.22. The fourth-order valence-electron chi connectivity index (χ4n) is 1.62. The summed E-state index contributed by atoms with van der Waals surface area (Å²) in [4.78, 5) is 11.5. The van der Waals surface area contributed by atoms with Crippen LogP contribution in [0.1, 0.15) is 46.0 Å². The molecule has 2 N–H and O–H groups in total. The van der Waals surface area contributed by atoms with Crippen LogP contribution in [-0.2, 0) is 14.3 Å². The molecule has 0 aromatic rings. The largest absolute Gasteiger partial charge is 0.465 e. The van der Waals surface area contributed by atoms with Gasteiger partial charge in [0.2, 0.25) is 0 Å². The van der Waals surface area contributed by atoms with Crippen molar-refractivity contribution in [2.24, 2.45) is 5.73 Å². The number of carbonyl (C=O) groups is 1. The van der Waals surface area contributed by atoms with E-state index in [9.17, 15) is 4.79 Å². The first kappa shape index (κ1) is 13.5. The van der Waals surface area contributed by atoms with Crippen LogP contribution in [0.4, 0.5) is 0 Å². The SMILES string of the molecule is CCOC(=O)C(C)(N)CCCOC1CCC1. The number of nitrogens with two attached hydrogens (primary N) is 1. The molecule has 1 fully saturated rings. The lowest BCUT2D eigenvalue weighted by molar-refractivity contribution is -0.149. The van der Waals surface area contributed by atoms with E-state index in [2.05, 4.69) is 0 Å². The normalized spacial score (nSPS) is 19.9. The van der Waals surface area contributed by atoms with E-state index in [-0.39, 0.29) is 5.97 Å². The highest BCUT2D eigenvalue weighted by molar-refractivity contribution is 5.79. The summed E-state index contributed by atoms with van der Waals surface area (Å²) in [6.45, 7) is 4.57. The van der Waals surface area contributed by atoms with Crippen molar-refractivity contribution in [2.75, 3.05) is 13.2 Å². The number of carbonyl (C=O) groups excluding carboxylic acids is 1. The van der Waals surface area contributed by atoms with Gasteiger partial charge in [0.1, 0.15) is 5.54 Å². The number of hydrogen-bond donors (Lipinski definition) is 1. The maximum atomic E-state index is 11.5. The van der Waals surface area contributed by atoms with Gasteiger partial charge in [0.05, 0.1) is 12.7 Å². The molecule has 1 unspecified atom stereocenters. The maximum absolute atomic E-state index is 11.5. The Morgan fingerprint density at radius 2 is 2.19 bits per heavy atom. The summed E-state index contributed by atoms with van der Waals surface area (Å²) in [7, 11) is 0. The average Bonchev–Trinajstić information content (AvgIpc) is 2.15. The molecule has 1 rings (SSSR count). The second-order valence-electron chi connectivity index (χ2n) is 4.67. The second-order valence-corrected chi connectivity index (χ2v) is 4.67. The molecule has 94 valence electrons. The van der Waals surface area contributed by atoms with Crippen LogP contribution in [0.25, 0.3) is 0 Å². The molecular formula is C12H23NO3. The zero-order valence-electron chi connectivity index (χ0n) is 10.3. The number of ether oxygens (including phenoxy) is 2. The first-order valence-electron chi connectivity index (χ1n) is 6.14. The van der Waals surface area contributed by atoms with Crippen LogP contribution >= 0.6 is 0 Å². The van der Waals surface area contributed by atoms with E-state index in [4.69, 9.17) is 15.2 Å². The van der Waals surface area contributed by atoms with Gasteiger partial charge in [-0.2, -0.15) is 0 Å². The van der Waals surface area contributed by atoms with Crippen molar-refractivity contribution in [2.45, 2.75) is 57.6 Å². The Kier molecular flexibility index (Phi) is 5.22. The monoisotopic (exact) mass is 229 g/mol. The van der Waals surface area contributed by atoms with Crippen LogP contribution in [0.5, 0.6) is 0 Å². The quantitative estimate of drug-likeness (QED) is 0.532. The van der Waals surface area contributed by atoms with E-state index < -0.39 is 5.54 Å². The van der Waals surface area contributed by atoms with Crippen LogP contribution < -0.4 is 5.73 Å². The van der Waals surface area contributed by atoms with Gasteiger partial charge >= 0.3 is 5.97 Å². The van der Waals surface area contributed by atoms with Crippen LogP contribution in [0.2, 0.25) is 0 Å². The standard InChI is InChI=1S/C12H23NO3/c1-3-15-11(14)12(2,13)8-5-9-16-10-6-4-7-10/h10H,3-9,13H2,1-2H3. The predicted octanol–water partition coefficient (Wildman–Crippen LogP) is 1.62. The van der Waals surface area contributed by atoms with Gasteiger partial charge in [-0.15, -0.1) is 0 Å². The first-order chi connectivity index (χ1) is 7.56. The summed E-state index contributed by atoms with van der Waals surface area (Å²) in [5, 5.41) is 0. The minimum Gasteiger partial charge on any atom is -0.465 e. The van der Waals surface area contributed by atoms with E-state index >= 15 is 0 Å². The molecule has 0 bridgehead atoms. The molecule has 0 saturated heterocycles. The zero-order chi connectivity index (χ0) is 12.0. The molecule has 1 saturated carbocycles. The molecule has 0 aromatic carbocycles. The highest BCUT2D eigenvalue weighted by Gasteiger charge is 2.29. The Balaban J connectivity index is 2.11. The molecule has 0 aliphatic heterocycles. The highest BCUT2D eigenvalue weighted by atomic mass is 16.5. The molecule has 0 heterocycles. The molecule has 4 nitrogen and oxygen atoms in total. The summed E-state index contributed by atoms with van der Waals surface area (Å²) in [5.74, 6) is -0.321. The number of hydrogen-bond acceptors (Lipinski definition) is 4. The van der Waals surface area contributed by atoms with E-state index in [0.29, 0.717) is 25.7 Å². The average molecular weight is 229 g/mol. The van der Waals surface area contributed by atoms with E-state index in [1.54, 1.807) is 13.8 Å². The lowest BCUT2D eigenvalue weighted by Gasteiger charge is -2.26. The third kappa shape index (κ3) is 4.10. The Bertz CT molecular complexity index is 224. The third-order valence-corrected chi connectivity index (χ3v) is 2.99. The lowest BCUT2D eigenvalue weighted by Crippen LogP contribution is -2.46. The Morgan fingerprint density at radius 3 is 2.69 bits per heavy atom. The Morgan fingerprint density at radius 1 is 1.50 bits per heavy atom. The molecule has 0 radical (unpaired) electrons.